The van der Waals surface area contributed by atoms with Crippen molar-refractivity contribution in [2.45, 2.75) is 26.3 Å². The normalized spacial score (nSPS) is 16.0. The fourth-order valence-corrected chi connectivity index (χ4v) is 3.64. The molecule has 5 heteroatoms. The molecule has 0 saturated carbocycles. The number of aliphatic hydroxyl groups excluding tert-OH is 1. The lowest BCUT2D eigenvalue weighted by atomic mass is 9.98. The van der Waals surface area contributed by atoms with Crippen LogP contribution in [0.1, 0.15) is 22.6 Å². The monoisotopic (exact) mass is 317 g/mol. The summed E-state index contributed by atoms with van der Waals surface area (Å²) in [6.45, 7) is 5.29. The molecule has 1 aliphatic rings. The van der Waals surface area contributed by atoms with Crippen LogP contribution in [0, 0.1) is 12.8 Å². The highest BCUT2D eigenvalue weighted by Gasteiger charge is 2.18. The van der Waals surface area contributed by atoms with Gasteiger partial charge in [-0.2, -0.15) is 0 Å². The van der Waals surface area contributed by atoms with Crippen LogP contribution in [-0.2, 0) is 6.54 Å². The molecular weight excluding hydrogens is 294 g/mol. The molecule has 3 rings (SSSR count). The van der Waals surface area contributed by atoms with Gasteiger partial charge in [0, 0.05) is 29.5 Å². The highest BCUT2D eigenvalue weighted by Crippen LogP contribution is 2.23. The van der Waals surface area contributed by atoms with E-state index in [1.807, 2.05) is 23.6 Å². The van der Waals surface area contributed by atoms with Crippen molar-refractivity contribution in [1.29, 1.82) is 0 Å². The lowest BCUT2D eigenvalue weighted by Crippen LogP contribution is -2.34. The Labute approximate surface area is 135 Å². The number of aromatic nitrogens is 1. The van der Waals surface area contributed by atoms with Gasteiger partial charge in [0.05, 0.1) is 18.4 Å². The van der Waals surface area contributed by atoms with Crippen LogP contribution in [-0.4, -0.2) is 29.8 Å². The minimum atomic E-state index is 0.317. The number of rotatable bonds is 5. The van der Waals surface area contributed by atoms with Crippen LogP contribution < -0.4 is 10.2 Å². The number of piperidine rings is 1. The molecule has 1 saturated heterocycles. The van der Waals surface area contributed by atoms with Crippen molar-refractivity contribution in [2.75, 3.05) is 29.9 Å². The molecule has 0 radical (unpaired) electrons. The van der Waals surface area contributed by atoms with Crippen molar-refractivity contribution in [1.82, 2.24) is 4.98 Å². The largest absolute Gasteiger partial charge is 0.396 e. The maximum atomic E-state index is 9.20. The third-order valence-corrected chi connectivity index (χ3v) is 5.23. The molecule has 3 heterocycles. The third kappa shape index (κ3) is 3.78. The van der Waals surface area contributed by atoms with Crippen LogP contribution in [0.15, 0.2) is 30.5 Å². The van der Waals surface area contributed by atoms with Crippen LogP contribution in [0.4, 0.5) is 11.5 Å². The summed E-state index contributed by atoms with van der Waals surface area (Å²) in [4.78, 5) is 9.54. The van der Waals surface area contributed by atoms with Crippen molar-refractivity contribution < 1.29 is 5.11 Å². The molecule has 2 N–H and O–H groups in total. The Morgan fingerprint density at radius 1 is 1.27 bits per heavy atom. The van der Waals surface area contributed by atoms with Gasteiger partial charge in [-0.05, 0) is 49.9 Å². The van der Waals surface area contributed by atoms with E-state index in [0.717, 1.165) is 38.3 Å². The summed E-state index contributed by atoms with van der Waals surface area (Å²) in [5.74, 6) is 1.39. The first-order valence-electron chi connectivity index (χ1n) is 7.85. The van der Waals surface area contributed by atoms with Crippen molar-refractivity contribution in [3.05, 3.63) is 40.2 Å². The fourth-order valence-electron chi connectivity index (χ4n) is 2.81. The number of anilines is 2. The zero-order valence-electron chi connectivity index (χ0n) is 13.0. The smallest absolute Gasteiger partial charge is 0.126 e. The summed E-state index contributed by atoms with van der Waals surface area (Å²) in [6.07, 6.45) is 4.07. The van der Waals surface area contributed by atoms with Gasteiger partial charge in [0.25, 0.3) is 0 Å². The molecule has 1 aliphatic heterocycles. The molecule has 0 aliphatic carbocycles. The Kier molecular flexibility index (Phi) is 4.95. The fraction of sp³-hybridized carbons (Fsp3) is 0.471. The predicted molar refractivity (Wildman–Crippen MR) is 92.6 cm³/mol. The van der Waals surface area contributed by atoms with E-state index in [0.29, 0.717) is 12.5 Å². The van der Waals surface area contributed by atoms with E-state index in [2.05, 4.69) is 40.3 Å². The van der Waals surface area contributed by atoms with E-state index in [9.17, 15) is 5.11 Å². The summed E-state index contributed by atoms with van der Waals surface area (Å²) in [7, 11) is 0. The highest BCUT2D eigenvalue weighted by molar-refractivity contribution is 7.11. The van der Waals surface area contributed by atoms with E-state index in [1.54, 1.807) is 0 Å². The molecule has 0 amide bonds. The number of aryl methyl sites for hydroxylation is 1. The van der Waals surface area contributed by atoms with E-state index >= 15 is 0 Å². The molecular formula is C17H23N3OS. The molecule has 0 aromatic carbocycles. The van der Waals surface area contributed by atoms with E-state index in [-0.39, 0.29) is 0 Å². The number of nitrogens with one attached hydrogen (secondary N) is 1. The SMILES string of the molecule is Cc1ccc(CNc2ccc(N3CCC(CO)CC3)cn2)s1. The quantitative estimate of drug-likeness (QED) is 0.888. The molecule has 0 unspecified atom stereocenters. The number of nitrogens with zero attached hydrogens (tertiary/aromatic N) is 2. The van der Waals surface area contributed by atoms with E-state index < -0.39 is 0 Å². The van der Waals surface area contributed by atoms with E-state index in [4.69, 9.17) is 0 Å². The second-order valence-corrected chi connectivity index (χ2v) is 7.25. The van der Waals surface area contributed by atoms with Crippen molar-refractivity contribution in [2.24, 2.45) is 5.92 Å². The number of hydrogen-bond donors (Lipinski definition) is 2. The molecule has 22 heavy (non-hydrogen) atoms. The zero-order chi connectivity index (χ0) is 15.4. The summed E-state index contributed by atoms with van der Waals surface area (Å²) < 4.78 is 0. The van der Waals surface area contributed by atoms with Crippen LogP contribution in [0.3, 0.4) is 0 Å². The second kappa shape index (κ2) is 7.11. The maximum absolute atomic E-state index is 9.20. The summed E-state index contributed by atoms with van der Waals surface area (Å²) >= 11 is 1.82. The lowest BCUT2D eigenvalue weighted by Gasteiger charge is -2.32. The first-order chi connectivity index (χ1) is 10.7. The molecule has 118 valence electrons. The first kappa shape index (κ1) is 15.3. The van der Waals surface area contributed by atoms with Crippen LogP contribution in [0.2, 0.25) is 0 Å². The van der Waals surface area contributed by atoms with E-state index in [1.165, 1.54) is 15.4 Å². The topological polar surface area (TPSA) is 48.4 Å². The second-order valence-electron chi connectivity index (χ2n) is 5.88. The summed E-state index contributed by atoms with van der Waals surface area (Å²) in [5.41, 5.74) is 1.17. The Morgan fingerprint density at radius 3 is 2.68 bits per heavy atom. The van der Waals surface area contributed by atoms with Gasteiger partial charge in [0.15, 0.2) is 0 Å². The summed E-state index contributed by atoms with van der Waals surface area (Å²) in [5, 5.41) is 12.6. The molecule has 4 nitrogen and oxygen atoms in total. The number of aliphatic hydroxyl groups is 1. The first-order valence-corrected chi connectivity index (χ1v) is 8.67. The van der Waals surface area contributed by atoms with Gasteiger partial charge >= 0.3 is 0 Å². The zero-order valence-corrected chi connectivity index (χ0v) is 13.8. The van der Waals surface area contributed by atoms with Crippen LogP contribution in [0.5, 0.6) is 0 Å². The van der Waals surface area contributed by atoms with Gasteiger partial charge in [0.2, 0.25) is 0 Å². The minimum Gasteiger partial charge on any atom is -0.396 e. The van der Waals surface area contributed by atoms with Gasteiger partial charge in [0.1, 0.15) is 5.82 Å². The molecule has 0 spiro atoms. The maximum Gasteiger partial charge on any atom is 0.126 e. The minimum absolute atomic E-state index is 0.317. The average Bonchev–Trinajstić information content (AvgIpc) is 2.99. The standard InChI is InChI=1S/C17H23N3OS/c1-13-2-4-16(22-13)11-19-17-5-3-15(10-18-17)20-8-6-14(12-21)7-9-20/h2-5,10,14,21H,6-9,11-12H2,1H3,(H,18,19). The van der Waals surface area contributed by atoms with Crippen molar-refractivity contribution in [3.63, 3.8) is 0 Å². The molecule has 0 bridgehead atoms. The van der Waals surface area contributed by atoms with Gasteiger partial charge < -0.3 is 15.3 Å². The number of pyridine rings is 1. The highest BCUT2D eigenvalue weighted by atomic mass is 32.1. The Morgan fingerprint density at radius 2 is 2.09 bits per heavy atom. The average molecular weight is 317 g/mol. The lowest BCUT2D eigenvalue weighted by molar-refractivity contribution is 0.203. The Bertz CT molecular complexity index is 588. The van der Waals surface area contributed by atoms with Gasteiger partial charge in [-0.3, -0.25) is 0 Å². The van der Waals surface area contributed by atoms with Crippen molar-refractivity contribution in [3.8, 4) is 0 Å². The molecule has 2 aromatic rings. The van der Waals surface area contributed by atoms with Crippen molar-refractivity contribution >= 4 is 22.8 Å². The molecule has 2 aromatic heterocycles. The third-order valence-electron chi connectivity index (χ3n) is 4.23. The van der Waals surface area contributed by atoms with Gasteiger partial charge in [-0.1, -0.05) is 0 Å². The molecule has 0 atom stereocenters. The Hall–Kier alpha value is -1.59. The Balaban J connectivity index is 1.54. The molecule has 1 fully saturated rings. The summed E-state index contributed by atoms with van der Waals surface area (Å²) in [6, 6.07) is 8.49. The van der Waals surface area contributed by atoms with Gasteiger partial charge in [-0.15, -0.1) is 11.3 Å². The van der Waals surface area contributed by atoms with Crippen LogP contribution in [0.25, 0.3) is 0 Å². The predicted octanol–water partition coefficient (Wildman–Crippen LogP) is 3.27. The van der Waals surface area contributed by atoms with Crippen LogP contribution >= 0.6 is 11.3 Å². The number of hydrogen-bond acceptors (Lipinski definition) is 5. The van der Waals surface area contributed by atoms with Gasteiger partial charge in [-0.25, -0.2) is 4.98 Å². The number of thiophene rings is 1.